The van der Waals surface area contributed by atoms with Gasteiger partial charge in [-0.05, 0) is 43.7 Å². The van der Waals surface area contributed by atoms with E-state index in [4.69, 9.17) is 25.4 Å². The molecule has 0 aliphatic heterocycles. The third-order valence-electron chi connectivity index (χ3n) is 4.43. The molecule has 0 heterocycles. The van der Waals surface area contributed by atoms with Gasteiger partial charge in [0.15, 0.2) is 13.2 Å². The Bertz CT molecular complexity index is 1040. The lowest BCUT2D eigenvalue weighted by Gasteiger charge is -2.14. The molecule has 0 unspecified atom stereocenters. The van der Waals surface area contributed by atoms with E-state index in [0.29, 0.717) is 28.2 Å². The molecule has 0 aliphatic rings. The van der Waals surface area contributed by atoms with Crippen molar-refractivity contribution in [1.29, 1.82) is 5.41 Å². The number of amidine groups is 1. The SMILES string of the molecule is CCOC(=O)COc1cc(C)cc(C(=O)NCc2ccc(C(=N)N)cc2OCC(=O)NC)c1. The van der Waals surface area contributed by atoms with Crippen molar-refractivity contribution in [1.82, 2.24) is 10.6 Å². The minimum atomic E-state index is -0.497. The van der Waals surface area contributed by atoms with Crippen molar-refractivity contribution in [3.63, 3.8) is 0 Å². The Labute approximate surface area is 191 Å². The number of nitrogens with one attached hydrogen (secondary N) is 3. The number of hydrogen-bond donors (Lipinski definition) is 4. The van der Waals surface area contributed by atoms with Crippen molar-refractivity contribution >= 4 is 23.6 Å². The minimum absolute atomic E-state index is 0.104. The molecule has 0 aromatic heterocycles. The summed E-state index contributed by atoms with van der Waals surface area (Å²) in [6.45, 7) is 3.39. The van der Waals surface area contributed by atoms with E-state index in [1.807, 2.05) is 0 Å². The quantitative estimate of drug-likeness (QED) is 0.226. The van der Waals surface area contributed by atoms with Crippen LogP contribution < -0.4 is 25.8 Å². The van der Waals surface area contributed by atoms with Crippen molar-refractivity contribution in [2.24, 2.45) is 5.73 Å². The van der Waals surface area contributed by atoms with Crippen LogP contribution in [0.3, 0.4) is 0 Å². The van der Waals surface area contributed by atoms with Gasteiger partial charge in [0, 0.05) is 30.3 Å². The first-order valence-electron chi connectivity index (χ1n) is 10.2. The van der Waals surface area contributed by atoms with Crippen LogP contribution in [0, 0.1) is 12.3 Å². The van der Waals surface area contributed by atoms with Gasteiger partial charge in [-0.2, -0.15) is 0 Å². The molecule has 2 rings (SSSR count). The van der Waals surface area contributed by atoms with Crippen molar-refractivity contribution in [2.45, 2.75) is 20.4 Å². The van der Waals surface area contributed by atoms with Crippen LogP contribution in [0.2, 0.25) is 0 Å². The Kier molecular flexibility index (Phi) is 9.22. The molecule has 0 aliphatic carbocycles. The van der Waals surface area contributed by atoms with Crippen LogP contribution in [0.4, 0.5) is 0 Å². The molecular formula is C23H28N4O6. The Balaban J connectivity index is 2.12. The van der Waals surface area contributed by atoms with Gasteiger partial charge in [-0.1, -0.05) is 12.1 Å². The number of carbonyl (C=O) groups is 3. The molecular weight excluding hydrogens is 428 g/mol. The van der Waals surface area contributed by atoms with Crippen LogP contribution in [0.15, 0.2) is 36.4 Å². The summed E-state index contributed by atoms with van der Waals surface area (Å²) in [4.78, 5) is 35.8. The van der Waals surface area contributed by atoms with E-state index >= 15 is 0 Å². The maximum atomic E-state index is 12.7. The first kappa shape index (κ1) is 25.2. The number of carbonyl (C=O) groups excluding carboxylic acids is 3. The number of nitrogen functional groups attached to an aromatic ring is 1. The summed E-state index contributed by atoms with van der Waals surface area (Å²) in [5, 5.41) is 12.8. The van der Waals surface area contributed by atoms with Gasteiger partial charge < -0.3 is 30.6 Å². The highest BCUT2D eigenvalue weighted by atomic mass is 16.6. The number of amides is 2. The molecule has 10 nitrogen and oxygen atoms in total. The Morgan fingerprint density at radius 3 is 2.45 bits per heavy atom. The monoisotopic (exact) mass is 456 g/mol. The third kappa shape index (κ3) is 7.84. The first-order chi connectivity index (χ1) is 15.7. The molecule has 2 amide bonds. The molecule has 0 saturated heterocycles. The standard InChI is InChI=1S/C23H28N4O6/c1-4-31-21(29)13-32-18-8-14(2)7-17(9-18)23(30)27-11-16-6-5-15(22(24)25)10-19(16)33-12-20(28)26-3/h5-10H,4,11-13H2,1-3H3,(H3,24,25)(H,26,28)(H,27,30). The highest BCUT2D eigenvalue weighted by Gasteiger charge is 2.13. The van der Waals surface area contributed by atoms with E-state index in [9.17, 15) is 14.4 Å². The van der Waals surface area contributed by atoms with Crippen molar-refractivity contribution in [3.8, 4) is 11.5 Å². The Morgan fingerprint density at radius 2 is 1.79 bits per heavy atom. The molecule has 0 saturated carbocycles. The molecule has 33 heavy (non-hydrogen) atoms. The summed E-state index contributed by atoms with van der Waals surface area (Å²) < 4.78 is 15.8. The smallest absolute Gasteiger partial charge is 0.344 e. The average Bonchev–Trinajstić information content (AvgIpc) is 2.79. The number of hydrogen-bond acceptors (Lipinski definition) is 7. The molecule has 10 heteroatoms. The molecule has 0 spiro atoms. The highest BCUT2D eigenvalue weighted by molar-refractivity contribution is 5.96. The highest BCUT2D eigenvalue weighted by Crippen LogP contribution is 2.22. The molecule has 0 fully saturated rings. The molecule has 0 radical (unpaired) electrons. The van der Waals surface area contributed by atoms with E-state index in [1.54, 1.807) is 44.2 Å². The fourth-order valence-electron chi connectivity index (χ4n) is 2.80. The van der Waals surface area contributed by atoms with Crippen LogP contribution in [0.1, 0.15) is 34.0 Å². The van der Waals surface area contributed by atoms with E-state index < -0.39 is 5.97 Å². The van der Waals surface area contributed by atoms with Crippen LogP contribution in [0.5, 0.6) is 11.5 Å². The fourth-order valence-corrected chi connectivity index (χ4v) is 2.80. The molecule has 0 atom stereocenters. The van der Waals surface area contributed by atoms with E-state index in [2.05, 4.69) is 10.6 Å². The zero-order valence-electron chi connectivity index (χ0n) is 18.8. The van der Waals surface area contributed by atoms with Gasteiger partial charge in [0.05, 0.1) is 6.61 Å². The maximum absolute atomic E-state index is 12.7. The van der Waals surface area contributed by atoms with Crippen LogP contribution in [-0.2, 0) is 20.9 Å². The van der Waals surface area contributed by atoms with Gasteiger partial charge in [-0.25, -0.2) is 4.79 Å². The minimum Gasteiger partial charge on any atom is -0.483 e. The number of rotatable bonds is 11. The van der Waals surface area contributed by atoms with Gasteiger partial charge in [0.2, 0.25) is 0 Å². The predicted octanol–water partition coefficient (Wildman–Crippen LogP) is 1.28. The van der Waals surface area contributed by atoms with Crippen molar-refractivity contribution in [3.05, 3.63) is 58.7 Å². The predicted molar refractivity (Wildman–Crippen MR) is 121 cm³/mol. The zero-order chi connectivity index (χ0) is 24.4. The maximum Gasteiger partial charge on any atom is 0.344 e. The zero-order valence-corrected chi connectivity index (χ0v) is 18.8. The molecule has 0 bridgehead atoms. The second-order valence-corrected chi connectivity index (χ2v) is 7.01. The normalized spacial score (nSPS) is 10.2. The van der Waals surface area contributed by atoms with Gasteiger partial charge in [-0.3, -0.25) is 15.0 Å². The van der Waals surface area contributed by atoms with E-state index in [1.165, 1.54) is 13.1 Å². The summed E-state index contributed by atoms with van der Waals surface area (Å²) in [6, 6.07) is 9.77. The van der Waals surface area contributed by atoms with Crippen molar-refractivity contribution < 1.29 is 28.6 Å². The second-order valence-electron chi connectivity index (χ2n) is 7.01. The number of likely N-dealkylation sites (N-methyl/N-ethyl adjacent to an activating group) is 1. The Hall–Kier alpha value is -4.08. The summed E-state index contributed by atoms with van der Waals surface area (Å²) in [6.07, 6.45) is 0. The molecule has 5 N–H and O–H groups in total. The number of esters is 1. The molecule has 2 aromatic rings. The second kappa shape index (κ2) is 12.1. The van der Waals surface area contributed by atoms with Gasteiger partial charge in [-0.15, -0.1) is 0 Å². The number of benzene rings is 2. The van der Waals surface area contributed by atoms with Crippen molar-refractivity contribution in [2.75, 3.05) is 26.9 Å². The van der Waals surface area contributed by atoms with E-state index in [-0.39, 0.29) is 44.0 Å². The topological polar surface area (TPSA) is 153 Å². The summed E-state index contributed by atoms with van der Waals surface area (Å²) in [5.74, 6) is -0.641. The molecule has 2 aromatic carbocycles. The van der Waals surface area contributed by atoms with Gasteiger partial charge in [0.25, 0.3) is 11.8 Å². The summed E-state index contributed by atoms with van der Waals surface area (Å²) in [5.41, 5.74) is 7.70. The molecule has 176 valence electrons. The first-order valence-corrected chi connectivity index (χ1v) is 10.2. The Morgan fingerprint density at radius 1 is 1.03 bits per heavy atom. The fraction of sp³-hybridized carbons (Fsp3) is 0.304. The van der Waals surface area contributed by atoms with Crippen LogP contribution >= 0.6 is 0 Å². The average molecular weight is 456 g/mol. The van der Waals surface area contributed by atoms with Gasteiger partial charge >= 0.3 is 5.97 Å². The number of ether oxygens (including phenoxy) is 3. The summed E-state index contributed by atoms with van der Waals surface area (Å²) in [7, 11) is 1.49. The lowest BCUT2D eigenvalue weighted by Crippen LogP contribution is -2.26. The largest absolute Gasteiger partial charge is 0.483 e. The van der Waals surface area contributed by atoms with Crippen LogP contribution in [0.25, 0.3) is 0 Å². The van der Waals surface area contributed by atoms with Gasteiger partial charge in [0.1, 0.15) is 17.3 Å². The van der Waals surface area contributed by atoms with Crippen LogP contribution in [-0.4, -0.2) is 50.5 Å². The summed E-state index contributed by atoms with van der Waals surface area (Å²) >= 11 is 0. The number of nitrogens with two attached hydrogens (primary N) is 1. The lowest BCUT2D eigenvalue weighted by atomic mass is 10.1. The van der Waals surface area contributed by atoms with E-state index in [0.717, 1.165) is 5.56 Å². The third-order valence-corrected chi connectivity index (χ3v) is 4.43. The lowest BCUT2D eigenvalue weighted by molar-refractivity contribution is -0.145. The number of aryl methyl sites for hydroxylation is 1.